The number of carbonyl (C=O) groups excluding carboxylic acids is 1. The summed E-state index contributed by atoms with van der Waals surface area (Å²) >= 11 is 0. The Morgan fingerprint density at radius 2 is 2.08 bits per heavy atom. The maximum absolute atomic E-state index is 13.7. The van der Waals surface area contributed by atoms with Crippen LogP contribution in [0.25, 0.3) is 0 Å². The van der Waals surface area contributed by atoms with Crippen LogP contribution in [0.2, 0.25) is 0 Å². The van der Waals surface area contributed by atoms with E-state index in [1.165, 1.54) is 0 Å². The van der Waals surface area contributed by atoms with Gasteiger partial charge in [-0.25, -0.2) is 4.39 Å². The fourth-order valence-corrected chi connectivity index (χ4v) is 1.66. The lowest BCUT2D eigenvalue weighted by Gasteiger charge is -2.38. The molecule has 4 heteroatoms. The number of primary amides is 1. The van der Waals surface area contributed by atoms with Crippen LogP contribution in [-0.4, -0.2) is 24.7 Å². The van der Waals surface area contributed by atoms with Gasteiger partial charge in [0, 0.05) is 13.1 Å². The predicted octanol–water partition coefficient (Wildman–Crippen LogP) is 0.199. The van der Waals surface area contributed by atoms with Crippen molar-refractivity contribution in [1.29, 1.82) is 0 Å². The zero-order valence-electron chi connectivity index (χ0n) is 7.48. The third kappa shape index (κ3) is 1.75. The van der Waals surface area contributed by atoms with Crippen molar-refractivity contribution in [2.75, 3.05) is 13.1 Å². The smallest absolute Gasteiger partial charge is 0.256 e. The summed E-state index contributed by atoms with van der Waals surface area (Å²) in [6.45, 7) is 4.60. The van der Waals surface area contributed by atoms with Gasteiger partial charge in [0.15, 0.2) is 0 Å². The van der Waals surface area contributed by atoms with Crippen LogP contribution in [-0.2, 0) is 4.79 Å². The maximum Gasteiger partial charge on any atom is 0.256 e. The van der Waals surface area contributed by atoms with Crippen molar-refractivity contribution in [3.63, 3.8) is 0 Å². The first kappa shape index (κ1) is 9.45. The maximum atomic E-state index is 13.7. The molecule has 1 heterocycles. The zero-order valence-corrected chi connectivity index (χ0v) is 7.48. The fraction of sp³-hybridized carbons (Fsp3) is 0.875. The molecule has 0 aromatic heterocycles. The van der Waals surface area contributed by atoms with E-state index in [9.17, 15) is 9.18 Å². The van der Waals surface area contributed by atoms with Gasteiger partial charge < -0.3 is 11.1 Å². The topological polar surface area (TPSA) is 55.1 Å². The summed E-state index contributed by atoms with van der Waals surface area (Å²) in [7, 11) is 0. The molecule has 3 N–H and O–H groups in total. The Hall–Kier alpha value is -0.640. The molecule has 0 spiro atoms. The molecule has 1 aliphatic heterocycles. The van der Waals surface area contributed by atoms with E-state index < -0.39 is 11.6 Å². The van der Waals surface area contributed by atoms with Crippen molar-refractivity contribution in [2.24, 2.45) is 11.1 Å². The van der Waals surface area contributed by atoms with Gasteiger partial charge in [-0.15, -0.1) is 0 Å². The lowest BCUT2D eigenvalue weighted by atomic mass is 9.77. The second-order valence-electron chi connectivity index (χ2n) is 4.27. The quantitative estimate of drug-likeness (QED) is 0.596. The molecule has 3 nitrogen and oxygen atoms in total. The van der Waals surface area contributed by atoms with Crippen LogP contribution in [0.15, 0.2) is 0 Å². The fourth-order valence-electron chi connectivity index (χ4n) is 1.66. The molecule has 1 rings (SSSR count). The normalized spacial score (nSPS) is 34.6. The van der Waals surface area contributed by atoms with Crippen LogP contribution in [0.4, 0.5) is 4.39 Å². The van der Waals surface area contributed by atoms with Crippen LogP contribution >= 0.6 is 0 Å². The van der Waals surface area contributed by atoms with Gasteiger partial charge in [-0.05, 0) is 11.8 Å². The van der Waals surface area contributed by atoms with Crippen molar-refractivity contribution < 1.29 is 9.18 Å². The van der Waals surface area contributed by atoms with Gasteiger partial charge in [-0.1, -0.05) is 13.8 Å². The van der Waals surface area contributed by atoms with Gasteiger partial charge >= 0.3 is 0 Å². The van der Waals surface area contributed by atoms with Crippen molar-refractivity contribution in [1.82, 2.24) is 5.32 Å². The molecule has 1 atom stereocenters. The molecule has 1 amide bonds. The number of hydrogen-bond donors (Lipinski definition) is 2. The highest BCUT2D eigenvalue weighted by Gasteiger charge is 2.44. The summed E-state index contributed by atoms with van der Waals surface area (Å²) in [5.41, 5.74) is 2.92. The number of piperidine rings is 1. The first-order chi connectivity index (χ1) is 5.36. The van der Waals surface area contributed by atoms with E-state index in [-0.39, 0.29) is 18.4 Å². The van der Waals surface area contributed by atoms with Crippen molar-refractivity contribution >= 4 is 5.91 Å². The highest BCUT2D eigenvalue weighted by Crippen LogP contribution is 2.33. The monoisotopic (exact) mass is 174 g/mol. The molecule has 0 saturated carbocycles. The molecule has 0 aromatic rings. The number of nitrogens with two attached hydrogens (primary N) is 1. The van der Waals surface area contributed by atoms with E-state index in [0.717, 1.165) is 6.54 Å². The largest absolute Gasteiger partial charge is 0.367 e. The summed E-state index contributed by atoms with van der Waals surface area (Å²) in [6, 6.07) is 0. The lowest BCUT2D eigenvalue weighted by molar-refractivity contribution is -0.132. The molecule has 0 bridgehead atoms. The minimum absolute atomic E-state index is 0.0474. The number of alkyl halides is 1. The van der Waals surface area contributed by atoms with Crippen LogP contribution < -0.4 is 11.1 Å². The van der Waals surface area contributed by atoms with Crippen LogP contribution in [0, 0.1) is 5.41 Å². The minimum atomic E-state index is -1.86. The molecule has 1 aliphatic rings. The summed E-state index contributed by atoms with van der Waals surface area (Å²) < 4.78 is 13.7. The van der Waals surface area contributed by atoms with E-state index in [1.54, 1.807) is 0 Å². The summed E-state index contributed by atoms with van der Waals surface area (Å²) in [6.07, 6.45) is 0.211. The van der Waals surface area contributed by atoms with Gasteiger partial charge in [-0.2, -0.15) is 0 Å². The average Bonchev–Trinajstić information content (AvgIpc) is 1.83. The first-order valence-corrected chi connectivity index (χ1v) is 4.05. The predicted molar refractivity (Wildman–Crippen MR) is 44.3 cm³/mol. The number of amides is 1. The SMILES string of the molecule is CC1(C)CNCC(F)(C(N)=O)C1. The van der Waals surface area contributed by atoms with E-state index in [0.29, 0.717) is 0 Å². The molecule has 70 valence electrons. The Morgan fingerprint density at radius 3 is 2.42 bits per heavy atom. The molecule has 0 radical (unpaired) electrons. The molecule has 0 aliphatic carbocycles. The summed E-state index contributed by atoms with van der Waals surface area (Å²) in [4.78, 5) is 10.8. The van der Waals surface area contributed by atoms with Crippen LogP contribution in [0.1, 0.15) is 20.3 Å². The van der Waals surface area contributed by atoms with E-state index in [2.05, 4.69) is 5.32 Å². The van der Waals surface area contributed by atoms with E-state index >= 15 is 0 Å². The minimum Gasteiger partial charge on any atom is -0.367 e. The number of nitrogens with one attached hydrogen (secondary N) is 1. The number of halogens is 1. The molecule has 12 heavy (non-hydrogen) atoms. The highest BCUT2D eigenvalue weighted by molar-refractivity contribution is 5.83. The molecular weight excluding hydrogens is 159 g/mol. The molecule has 0 aromatic carbocycles. The Morgan fingerprint density at radius 1 is 1.50 bits per heavy atom. The number of carbonyl (C=O) groups is 1. The second-order valence-corrected chi connectivity index (χ2v) is 4.27. The van der Waals surface area contributed by atoms with Gasteiger partial charge in [0.1, 0.15) is 0 Å². The average molecular weight is 174 g/mol. The standard InChI is InChI=1S/C8H15FN2O/c1-7(2)3-8(9,6(10)12)5-11-4-7/h11H,3-5H2,1-2H3,(H2,10,12). The van der Waals surface area contributed by atoms with Gasteiger partial charge in [0.25, 0.3) is 5.91 Å². The number of rotatable bonds is 1. The van der Waals surface area contributed by atoms with Crippen LogP contribution in [0.5, 0.6) is 0 Å². The van der Waals surface area contributed by atoms with Gasteiger partial charge in [0.2, 0.25) is 5.67 Å². The van der Waals surface area contributed by atoms with Crippen LogP contribution in [0.3, 0.4) is 0 Å². The Kier molecular flexibility index (Phi) is 2.12. The Bertz CT molecular complexity index is 205. The van der Waals surface area contributed by atoms with Crippen molar-refractivity contribution in [2.45, 2.75) is 25.9 Å². The van der Waals surface area contributed by atoms with E-state index in [1.807, 2.05) is 13.8 Å². The second kappa shape index (κ2) is 2.69. The Balaban J connectivity index is 2.74. The zero-order chi connectivity index (χ0) is 9.41. The lowest BCUT2D eigenvalue weighted by Crippen LogP contribution is -2.56. The summed E-state index contributed by atoms with van der Waals surface area (Å²) in [5, 5.41) is 2.87. The first-order valence-electron chi connectivity index (χ1n) is 4.05. The number of hydrogen-bond acceptors (Lipinski definition) is 2. The molecule has 1 fully saturated rings. The molecule has 1 saturated heterocycles. The van der Waals surface area contributed by atoms with Gasteiger partial charge in [-0.3, -0.25) is 4.79 Å². The third-order valence-corrected chi connectivity index (χ3v) is 2.21. The van der Waals surface area contributed by atoms with Crippen molar-refractivity contribution in [3.8, 4) is 0 Å². The molecular formula is C8H15FN2O. The van der Waals surface area contributed by atoms with Gasteiger partial charge in [0.05, 0.1) is 0 Å². The molecule has 1 unspecified atom stereocenters. The highest BCUT2D eigenvalue weighted by atomic mass is 19.1. The Labute approximate surface area is 71.5 Å². The summed E-state index contributed by atoms with van der Waals surface area (Å²) in [5.74, 6) is -0.859. The van der Waals surface area contributed by atoms with Crippen molar-refractivity contribution in [3.05, 3.63) is 0 Å². The third-order valence-electron chi connectivity index (χ3n) is 2.21. The van der Waals surface area contributed by atoms with E-state index in [4.69, 9.17) is 5.73 Å².